The summed E-state index contributed by atoms with van der Waals surface area (Å²) in [6.07, 6.45) is 6.31. The van der Waals surface area contributed by atoms with E-state index in [-0.39, 0.29) is 18.3 Å². The second-order valence-corrected chi connectivity index (χ2v) is 5.57. The van der Waals surface area contributed by atoms with E-state index in [9.17, 15) is 4.79 Å². The minimum atomic E-state index is 0. The molecule has 0 spiro atoms. The van der Waals surface area contributed by atoms with Gasteiger partial charge in [0.2, 0.25) is 0 Å². The van der Waals surface area contributed by atoms with Crippen molar-refractivity contribution in [2.24, 2.45) is 11.7 Å². The van der Waals surface area contributed by atoms with Crippen LogP contribution in [-0.4, -0.2) is 28.9 Å². The van der Waals surface area contributed by atoms with Crippen LogP contribution < -0.4 is 5.73 Å². The van der Waals surface area contributed by atoms with Crippen LogP contribution in [0.2, 0.25) is 0 Å². The van der Waals surface area contributed by atoms with Crippen LogP contribution in [0.1, 0.15) is 48.7 Å². The van der Waals surface area contributed by atoms with E-state index in [1.807, 2.05) is 11.9 Å². The lowest BCUT2D eigenvalue weighted by molar-refractivity contribution is 0.0679. The number of nitrogens with zero attached hydrogens (tertiary/aromatic N) is 2. The second kappa shape index (κ2) is 7.60. The van der Waals surface area contributed by atoms with Crippen molar-refractivity contribution in [3.63, 3.8) is 0 Å². The normalized spacial score (nSPS) is 21.9. The van der Waals surface area contributed by atoms with E-state index >= 15 is 0 Å². The van der Waals surface area contributed by atoms with E-state index in [0.717, 1.165) is 24.5 Å². The Labute approximate surface area is 127 Å². The van der Waals surface area contributed by atoms with Crippen LogP contribution in [0.25, 0.3) is 0 Å². The predicted molar refractivity (Wildman–Crippen MR) is 82.9 cm³/mol. The highest BCUT2D eigenvalue weighted by molar-refractivity contribution is 5.94. The molecule has 1 heterocycles. The zero-order chi connectivity index (χ0) is 13.8. The molecule has 1 amide bonds. The molecule has 0 saturated heterocycles. The van der Waals surface area contributed by atoms with Gasteiger partial charge in [0.05, 0.1) is 5.69 Å². The summed E-state index contributed by atoms with van der Waals surface area (Å²) in [4.78, 5) is 18.5. The number of carbonyl (C=O) groups excluding carboxylic acids is 1. The highest BCUT2D eigenvalue weighted by Gasteiger charge is 2.25. The summed E-state index contributed by atoms with van der Waals surface area (Å²) >= 11 is 0. The van der Waals surface area contributed by atoms with Crippen LogP contribution in [0.4, 0.5) is 0 Å². The summed E-state index contributed by atoms with van der Waals surface area (Å²) in [5.41, 5.74) is 7.02. The maximum absolute atomic E-state index is 12.5. The van der Waals surface area contributed by atoms with Gasteiger partial charge in [-0.25, -0.2) is 0 Å². The van der Waals surface area contributed by atoms with Gasteiger partial charge in [0, 0.05) is 31.4 Å². The minimum Gasteiger partial charge on any atom is -0.339 e. The molecule has 1 aromatic rings. The SMILES string of the molecule is CC1CCC(N(C)C(=O)c2ccnc(CN)c2)CC1.Cl. The fraction of sp³-hybridized carbons (Fsp3) is 0.600. The average Bonchev–Trinajstić information content (AvgIpc) is 2.46. The maximum atomic E-state index is 12.5. The number of nitrogens with two attached hydrogens (primary N) is 1. The number of pyridine rings is 1. The van der Waals surface area contributed by atoms with Gasteiger partial charge in [-0.15, -0.1) is 12.4 Å². The number of carbonyl (C=O) groups is 1. The summed E-state index contributed by atoms with van der Waals surface area (Å²) < 4.78 is 0. The van der Waals surface area contributed by atoms with Gasteiger partial charge >= 0.3 is 0 Å². The fourth-order valence-corrected chi connectivity index (χ4v) is 2.72. The quantitative estimate of drug-likeness (QED) is 0.933. The van der Waals surface area contributed by atoms with Crippen molar-refractivity contribution in [1.82, 2.24) is 9.88 Å². The Kier molecular flexibility index (Phi) is 6.43. The summed E-state index contributed by atoms with van der Waals surface area (Å²) in [7, 11) is 1.91. The molecule has 1 aliphatic rings. The molecule has 1 aliphatic carbocycles. The Hall–Kier alpha value is -1.13. The van der Waals surface area contributed by atoms with Gasteiger partial charge in [0.25, 0.3) is 5.91 Å². The zero-order valence-corrected chi connectivity index (χ0v) is 13.0. The van der Waals surface area contributed by atoms with Gasteiger partial charge in [-0.05, 0) is 43.7 Å². The topological polar surface area (TPSA) is 59.2 Å². The lowest BCUT2D eigenvalue weighted by atomic mass is 9.86. The van der Waals surface area contributed by atoms with Crippen molar-refractivity contribution < 1.29 is 4.79 Å². The molecule has 0 unspecified atom stereocenters. The van der Waals surface area contributed by atoms with Gasteiger partial charge in [0.15, 0.2) is 0 Å². The molecular weight excluding hydrogens is 274 g/mol. The van der Waals surface area contributed by atoms with Crippen molar-refractivity contribution in [3.8, 4) is 0 Å². The van der Waals surface area contributed by atoms with Crippen LogP contribution in [0.3, 0.4) is 0 Å². The highest BCUT2D eigenvalue weighted by Crippen LogP contribution is 2.27. The third kappa shape index (κ3) is 3.93. The molecule has 0 radical (unpaired) electrons. The van der Waals surface area contributed by atoms with Crippen molar-refractivity contribution in [2.75, 3.05) is 7.05 Å². The molecule has 4 nitrogen and oxygen atoms in total. The Balaban J connectivity index is 0.00000200. The lowest BCUT2D eigenvalue weighted by Gasteiger charge is -2.33. The van der Waals surface area contributed by atoms with Crippen molar-refractivity contribution >= 4 is 18.3 Å². The molecule has 2 rings (SSSR count). The van der Waals surface area contributed by atoms with E-state index in [1.165, 1.54) is 12.8 Å². The van der Waals surface area contributed by atoms with E-state index < -0.39 is 0 Å². The number of rotatable bonds is 3. The van der Waals surface area contributed by atoms with Crippen LogP contribution in [-0.2, 0) is 6.54 Å². The van der Waals surface area contributed by atoms with Crippen LogP contribution >= 0.6 is 12.4 Å². The molecule has 0 aliphatic heterocycles. The first-order chi connectivity index (χ1) is 9.11. The molecule has 1 fully saturated rings. The minimum absolute atomic E-state index is 0. The average molecular weight is 298 g/mol. The van der Waals surface area contributed by atoms with E-state index in [4.69, 9.17) is 5.73 Å². The molecule has 0 bridgehead atoms. The molecule has 1 saturated carbocycles. The third-order valence-electron chi connectivity index (χ3n) is 4.13. The Morgan fingerprint density at radius 3 is 2.65 bits per heavy atom. The number of amides is 1. The number of hydrogen-bond acceptors (Lipinski definition) is 3. The van der Waals surface area contributed by atoms with Gasteiger partial charge < -0.3 is 10.6 Å². The summed E-state index contributed by atoms with van der Waals surface area (Å²) in [5, 5.41) is 0. The third-order valence-corrected chi connectivity index (χ3v) is 4.13. The first kappa shape index (κ1) is 16.9. The van der Waals surface area contributed by atoms with Gasteiger partial charge in [0.1, 0.15) is 0 Å². The fourth-order valence-electron chi connectivity index (χ4n) is 2.72. The Bertz CT molecular complexity index is 444. The van der Waals surface area contributed by atoms with Gasteiger partial charge in [-0.3, -0.25) is 9.78 Å². The Morgan fingerprint density at radius 1 is 1.40 bits per heavy atom. The molecule has 2 N–H and O–H groups in total. The number of aromatic nitrogens is 1. The molecule has 0 atom stereocenters. The van der Waals surface area contributed by atoms with Crippen LogP contribution in [0, 0.1) is 5.92 Å². The monoisotopic (exact) mass is 297 g/mol. The molecule has 112 valence electrons. The smallest absolute Gasteiger partial charge is 0.253 e. The van der Waals surface area contributed by atoms with E-state index in [2.05, 4.69) is 11.9 Å². The van der Waals surface area contributed by atoms with Crippen molar-refractivity contribution in [2.45, 2.75) is 45.2 Å². The van der Waals surface area contributed by atoms with E-state index in [1.54, 1.807) is 18.3 Å². The first-order valence-corrected chi connectivity index (χ1v) is 7.04. The zero-order valence-electron chi connectivity index (χ0n) is 12.2. The van der Waals surface area contributed by atoms with Crippen LogP contribution in [0.15, 0.2) is 18.3 Å². The summed E-state index contributed by atoms with van der Waals surface area (Å²) in [6.45, 7) is 2.65. The van der Waals surface area contributed by atoms with Crippen molar-refractivity contribution in [1.29, 1.82) is 0 Å². The van der Waals surface area contributed by atoms with Gasteiger partial charge in [-0.1, -0.05) is 6.92 Å². The lowest BCUT2D eigenvalue weighted by Crippen LogP contribution is -2.39. The van der Waals surface area contributed by atoms with Crippen molar-refractivity contribution in [3.05, 3.63) is 29.6 Å². The molecule has 5 heteroatoms. The van der Waals surface area contributed by atoms with Gasteiger partial charge in [-0.2, -0.15) is 0 Å². The molecule has 1 aromatic heterocycles. The number of hydrogen-bond donors (Lipinski definition) is 1. The van der Waals surface area contributed by atoms with Crippen LogP contribution in [0.5, 0.6) is 0 Å². The number of halogens is 1. The molecule has 20 heavy (non-hydrogen) atoms. The standard InChI is InChI=1S/C15H23N3O.ClH/c1-11-3-5-14(6-4-11)18(2)15(19)12-7-8-17-13(9-12)10-16;/h7-9,11,14H,3-6,10,16H2,1-2H3;1H. The predicted octanol–water partition coefficient (Wildman–Crippen LogP) is 2.61. The molecule has 0 aromatic carbocycles. The summed E-state index contributed by atoms with van der Waals surface area (Å²) in [6, 6.07) is 3.94. The maximum Gasteiger partial charge on any atom is 0.253 e. The van der Waals surface area contributed by atoms with E-state index in [0.29, 0.717) is 18.2 Å². The Morgan fingerprint density at radius 2 is 2.05 bits per heavy atom. The largest absolute Gasteiger partial charge is 0.339 e. The summed E-state index contributed by atoms with van der Waals surface area (Å²) in [5.74, 6) is 0.876. The highest BCUT2D eigenvalue weighted by atomic mass is 35.5. The molecular formula is C15H24ClN3O. The second-order valence-electron chi connectivity index (χ2n) is 5.57. The first-order valence-electron chi connectivity index (χ1n) is 7.04.